The van der Waals surface area contributed by atoms with E-state index in [-0.39, 0.29) is 23.9 Å². The summed E-state index contributed by atoms with van der Waals surface area (Å²) in [5, 5.41) is 0. The minimum absolute atomic E-state index is 0.00458. The third-order valence-electron chi connectivity index (χ3n) is 2.45. The summed E-state index contributed by atoms with van der Waals surface area (Å²) in [6.07, 6.45) is 2.73. The normalized spacial score (nSPS) is 18.6. The van der Waals surface area contributed by atoms with E-state index in [9.17, 15) is 9.59 Å². The van der Waals surface area contributed by atoms with Crippen LogP contribution in [0.3, 0.4) is 0 Å². The maximum Gasteiger partial charge on any atom is 0.140 e. The maximum absolute atomic E-state index is 11.2. The molecule has 0 radical (unpaired) electrons. The van der Waals surface area contributed by atoms with Gasteiger partial charge in [-0.05, 0) is 12.1 Å². The first-order valence-corrected chi connectivity index (χ1v) is 4.70. The Bertz CT molecular complexity index is 343. The molecule has 0 unspecified atom stereocenters. The van der Waals surface area contributed by atoms with Gasteiger partial charge >= 0.3 is 0 Å². The fraction of sp³-hybridized carbons (Fsp3) is 0.364. The summed E-state index contributed by atoms with van der Waals surface area (Å²) in [7, 11) is 0. The highest BCUT2D eigenvalue weighted by molar-refractivity contribution is 6.02. The monoisotopic (exact) mass is 189 g/mol. The smallest absolute Gasteiger partial charge is 0.140 e. The second-order valence-electron chi connectivity index (χ2n) is 3.61. The second kappa shape index (κ2) is 3.70. The Balaban J connectivity index is 2.19. The lowest BCUT2D eigenvalue weighted by Crippen LogP contribution is -2.21. The molecule has 3 heteroatoms. The molecule has 0 bridgehead atoms. The van der Waals surface area contributed by atoms with Gasteiger partial charge in [-0.3, -0.25) is 14.6 Å². The van der Waals surface area contributed by atoms with Crippen molar-refractivity contribution in [3.63, 3.8) is 0 Å². The van der Waals surface area contributed by atoms with E-state index in [2.05, 4.69) is 4.98 Å². The van der Waals surface area contributed by atoms with Crippen molar-refractivity contribution in [2.45, 2.75) is 25.2 Å². The van der Waals surface area contributed by atoms with E-state index >= 15 is 0 Å². The predicted molar refractivity (Wildman–Crippen MR) is 50.8 cm³/mol. The maximum atomic E-state index is 11.2. The summed E-state index contributed by atoms with van der Waals surface area (Å²) >= 11 is 0. The van der Waals surface area contributed by atoms with E-state index in [0.29, 0.717) is 12.8 Å². The van der Waals surface area contributed by atoms with Gasteiger partial charge in [0.1, 0.15) is 11.6 Å². The number of carbonyl (C=O) groups is 2. The van der Waals surface area contributed by atoms with Gasteiger partial charge in [-0.25, -0.2) is 0 Å². The van der Waals surface area contributed by atoms with E-state index in [0.717, 1.165) is 5.69 Å². The van der Waals surface area contributed by atoms with E-state index in [4.69, 9.17) is 0 Å². The molecule has 0 N–H and O–H groups in total. The molecular weight excluding hydrogens is 178 g/mol. The first-order valence-electron chi connectivity index (χ1n) is 4.70. The first-order chi connectivity index (χ1) is 6.75. The average Bonchev–Trinajstić information content (AvgIpc) is 2.18. The predicted octanol–water partition coefficient (Wildman–Crippen LogP) is 1.49. The zero-order chi connectivity index (χ0) is 9.97. The third-order valence-corrected chi connectivity index (χ3v) is 2.45. The fourth-order valence-corrected chi connectivity index (χ4v) is 1.81. The number of hydrogen-bond donors (Lipinski definition) is 0. The van der Waals surface area contributed by atoms with Gasteiger partial charge in [0.2, 0.25) is 0 Å². The molecule has 3 nitrogen and oxygen atoms in total. The van der Waals surface area contributed by atoms with E-state index in [1.54, 1.807) is 6.20 Å². The fourth-order valence-electron chi connectivity index (χ4n) is 1.81. The van der Waals surface area contributed by atoms with Crippen molar-refractivity contribution < 1.29 is 9.59 Å². The van der Waals surface area contributed by atoms with Gasteiger partial charge in [0.05, 0.1) is 6.42 Å². The van der Waals surface area contributed by atoms with Gasteiger partial charge in [0, 0.05) is 30.7 Å². The van der Waals surface area contributed by atoms with Gasteiger partial charge in [-0.15, -0.1) is 0 Å². The second-order valence-corrected chi connectivity index (χ2v) is 3.61. The lowest BCUT2D eigenvalue weighted by atomic mass is 9.85. The zero-order valence-corrected chi connectivity index (χ0v) is 7.77. The van der Waals surface area contributed by atoms with Crippen LogP contribution in [0.1, 0.15) is 30.9 Å². The first kappa shape index (κ1) is 9.06. The van der Waals surface area contributed by atoms with Gasteiger partial charge in [-0.2, -0.15) is 0 Å². The van der Waals surface area contributed by atoms with Gasteiger partial charge in [0.25, 0.3) is 0 Å². The molecule has 1 aromatic rings. The Labute approximate surface area is 82.2 Å². The summed E-state index contributed by atoms with van der Waals surface area (Å²) in [6.45, 7) is 0. The zero-order valence-electron chi connectivity index (χ0n) is 7.77. The van der Waals surface area contributed by atoms with Crippen LogP contribution in [0.5, 0.6) is 0 Å². The quantitative estimate of drug-likeness (QED) is 0.629. The minimum atomic E-state index is 0.00458. The minimum Gasteiger partial charge on any atom is -0.299 e. The van der Waals surface area contributed by atoms with E-state index in [1.807, 2.05) is 18.2 Å². The molecule has 0 saturated heterocycles. The molecule has 1 aliphatic carbocycles. The SMILES string of the molecule is O=C1CC(=O)CC(c2ccccn2)C1. The lowest BCUT2D eigenvalue weighted by Gasteiger charge is -2.18. The highest BCUT2D eigenvalue weighted by Crippen LogP contribution is 2.27. The summed E-state index contributed by atoms with van der Waals surface area (Å²) in [5.74, 6) is 0.0822. The van der Waals surface area contributed by atoms with Crippen LogP contribution in [0.2, 0.25) is 0 Å². The Morgan fingerprint density at radius 3 is 2.43 bits per heavy atom. The van der Waals surface area contributed by atoms with Crippen LogP contribution in [0.25, 0.3) is 0 Å². The molecule has 0 aliphatic heterocycles. The number of rotatable bonds is 1. The number of carbonyl (C=O) groups excluding carboxylic acids is 2. The van der Waals surface area contributed by atoms with Crippen molar-refractivity contribution in [3.8, 4) is 0 Å². The number of Topliss-reactive ketones (excluding diaryl/α,β-unsaturated/α-hetero) is 2. The Morgan fingerprint density at radius 2 is 1.86 bits per heavy atom. The number of ketones is 2. The molecule has 1 aliphatic rings. The third kappa shape index (κ3) is 1.87. The molecule has 1 fully saturated rings. The van der Waals surface area contributed by atoms with Crippen molar-refractivity contribution in [2.75, 3.05) is 0 Å². The molecule has 0 atom stereocenters. The topological polar surface area (TPSA) is 47.0 Å². The summed E-state index contributed by atoms with van der Waals surface area (Å²) in [4.78, 5) is 26.6. The van der Waals surface area contributed by atoms with Crippen LogP contribution < -0.4 is 0 Å². The van der Waals surface area contributed by atoms with Crippen LogP contribution in [0.4, 0.5) is 0 Å². The van der Waals surface area contributed by atoms with Gasteiger partial charge in [0.15, 0.2) is 0 Å². The molecular formula is C11H11NO2. The number of aromatic nitrogens is 1. The molecule has 0 amide bonds. The number of pyridine rings is 1. The number of nitrogens with zero attached hydrogens (tertiary/aromatic N) is 1. The van der Waals surface area contributed by atoms with Crippen molar-refractivity contribution in [1.29, 1.82) is 0 Å². The highest BCUT2D eigenvalue weighted by Gasteiger charge is 2.26. The Hall–Kier alpha value is -1.51. The van der Waals surface area contributed by atoms with E-state index in [1.165, 1.54) is 0 Å². The summed E-state index contributed by atoms with van der Waals surface area (Å²) in [6, 6.07) is 5.58. The highest BCUT2D eigenvalue weighted by atomic mass is 16.1. The van der Waals surface area contributed by atoms with Crippen LogP contribution in [-0.4, -0.2) is 16.6 Å². The number of hydrogen-bond acceptors (Lipinski definition) is 3. The molecule has 1 saturated carbocycles. The standard InChI is InChI=1S/C11H11NO2/c13-9-5-8(6-10(14)7-9)11-3-1-2-4-12-11/h1-4,8H,5-7H2. The molecule has 2 rings (SSSR count). The summed E-state index contributed by atoms with van der Waals surface area (Å²) < 4.78 is 0. The van der Waals surface area contributed by atoms with Crippen molar-refractivity contribution >= 4 is 11.6 Å². The summed E-state index contributed by atoms with van der Waals surface area (Å²) in [5.41, 5.74) is 0.855. The van der Waals surface area contributed by atoms with E-state index < -0.39 is 0 Å². The molecule has 0 aromatic carbocycles. The average molecular weight is 189 g/mol. The van der Waals surface area contributed by atoms with Crippen molar-refractivity contribution in [2.24, 2.45) is 0 Å². The Kier molecular flexibility index (Phi) is 2.39. The van der Waals surface area contributed by atoms with Gasteiger partial charge in [-0.1, -0.05) is 6.07 Å². The van der Waals surface area contributed by atoms with Crippen molar-refractivity contribution in [3.05, 3.63) is 30.1 Å². The van der Waals surface area contributed by atoms with Crippen LogP contribution in [0, 0.1) is 0 Å². The van der Waals surface area contributed by atoms with Crippen LogP contribution in [-0.2, 0) is 9.59 Å². The molecule has 1 heterocycles. The largest absolute Gasteiger partial charge is 0.299 e. The Morgan fingerprint density at radius 1 is 1.14 bits per heavy atom. The molecule has 0 spiro atoms. The molecule has 1 aromatic heterocycles. The molecule has 72 valence electrons. The van der Waals surface area contributed by atoms with Gasteiger partial charge < -0.3 is 0 Å². The van der Waals surface area contributed by atoms with Crippen molar-refractivity contribution in [1.82, 2.24) is 4.98 Å². The molecule has 14 heavy (non-hydrogen) atoms. The van der Waals surface area contributed by atoms with Crippen LogP contribution >= 0.6 is 0 Å². The van der Waals surface area contributed by atoms with Crippen LogP contribution in [0.15, 0.2) is 24.4 Å². The lowest BCUT2D eigenvalue weighted by molar-refractivity contribution is -0.130.